The molecule has 1 heterocycles. The van der Waals surface area contributed by atoms with Crippen molar-refractivity contribution >= 4 is 23.2 Å². The van der Waals surface area contributed by atoms with Crippen LogP contribution in [0.15, 0.2) is 23.0 Å². The van der Waals surface area contributed by atoms with Crippen LogP contribution in [0.1, 0.15) is 36.0 Å². The second-order valence-electron chi connectivity index (χ2n) is 10.3. The number of ether oxygens (including phenoxy) is 1. The van der Waals surface area contributed by atoms with E-state index in [1.165, 1.54) is 0 Å². The normalized spacial score (nSPS) is 29.3. The predicted octanol–water partition coefficient (Wildman–Crippen LogP) is 0.855. The first-order chi connectivity index (χ1) is 18.2. The summed E-state index contributed by atoms with van der Waals surface area (Å²) in [6.45, 7) is 1.29. The number of nitrogens with two attached hydrogens (primary N) is 2. The number of amides is 1. The summed E-state index contributed by atoms with van der Waals surface area (Å²) < 4.78 is 45.0. The fraction of sp³-hybridized carbons (Fsp3) is 0.480. The number of likely N-dealkylation sites (tertiary alicyclic amines) is 1. The van der Waals surface area contributed by atoms with Gasteiger partial charge in [-0.25, -0.2) is 0 Å². The SMILES string of the molecule is NC(=O)C1=C(O)[C@@]2(O)C(=O)C3=C(O)c4c(O)cc(CN5CCCC5)c(OC(F)(F)F)c4C[C@H]3C[C@H]2[C@H](N)C1=O. The molecule has 1 amide bonds. The van der Waals surface area contributed by atoms with Gasteiger partial charge in [0.2, 0.25) is 5.78 Å². The van der Waals surface area contributed by atoms with E-state index in [0.29, 0.717) is 13.1 Å². The molecule has 2 fully saturated rings. The average molecular weight is 553 g/mol. The van der Waals surface area contributed by atoms with Crippen LogP contribution in [0, 0.1) is 11.8 Å². The molecule has 0 radical (unpaired) electrons. The molecule has 4 aliphatic rings. The number of alkyl halides is 3. The van der Waals surface area contributed by atoms with Crippen LogP contribution in [0.5, 0.6) is 11.5 Å². The van der Waals surface area contributed by atoms with Crippen molar-refractivity contribution in [2.75, 3.05) is 13.1 Å². The van der Waals surface area contributed by atoms with Crippen LogP contribution in [0.25, 0.3) is 5.76 Å². The van der Waals surface area contributed by atoms with Gasteiger partial charge in [-0.3, -0.25) is 19.3 Å². The van der Waals surface area contributed by atoms with Crippen molar-refractivity contribution in [1.82, 2.24) is 4.90 Å². The lowest BCUT2D eigenvalue weighted by Crippen LogP contribution is -2.65. The molecule has 1 saturated carbocycles. The van der Waals surface area contributed by atoms with E-state index in [1.807, 2.05) is 4.90 Å². The standard InChI is InChI=1S/C25H26F3N3O8/c26-25(27,28)39-20-10(8-31-3-1-2-4-31)7-13(32)15-11(20)5-9-6-12-17(29)19(34)16(23(30)37)22(36)24(12,38)21(35)14(9)18(15)33/h7,9,12,17,32-33,36,38H,1-6,8,29H2,(H2,30,37)/t9-,12-,17-,24-/m0/s1. The maximum Gasteiger partial charge on any atom is 0.573 e. The van der Waals surface area contributed by atoms with Crippen LogP contribution >= 0.6 is 0 Å². The number of carbonyl (C=O) groups excluding carboxylic acids is 3. The molecule has 11 nitrogen and oxygen atoms in total. The van der Waals surface area contributed by atoms with E-state index in [4.69, 9.17) is 11.5 Å². The van der Waals surface area contributed by atoms with E-state index in [2.05, 4.69) is 4.74 Å². The maximum absolute atomic E-state index is 13.6. The molecule has 0 spiro atoms. The Hall–Kier alpha value is -3.62. The van der Waals surface area contributed by atoms with E-state index in [-0.39, 0.29) is 30.5 Å². The van der Waals surface area contributed by atoms with Crippen LogP contribution in [0.4, 0.5) is 13.2 Å². The fourth-order valence-corrected chi connectivity index (χ4v) is 6.37. The summed E-state index contributed by atoms with van der Waals surface area (Å²) in [5.41, 5.74) is 5.98. The Morgan fingerprint density at radius 2 is 1.82 bits per heavy atom. The zero-order valence-electron chi connectivity index (χ0n) is 20.4. The molecule has 3 aliphatic carbocycles. The van der Waals surface area contributed by atoms with Crippen LogP contribution < -0.4 is 16.2 Å². The number of phenolic OH excluding ortho intramolecular Hbond substituents is 1. The number of aliphatic hydroxyl groups excluding tert-OH is 2. The van der Waals surface area contributed by atoms with E-state index in [1.54, 1.807) is 0 Å². The first-order valence-electron chi connectivity index (χ1n) is 12.3. The Kier molecular flexibility index (Phi) is 6.20. The summed E-state index contributed by atoms with van der Waals surface area (Å²) in [4.78, 5) is 40.0. The van der Waals surface area contributed by atoms with Gasteiger partial charge in [0, 0.05) is 29.2 Å². The zero-order chi connectivity index (χ0) is 28.6. The van der Waals surface area contributed by atoms with Gasteiger partial charge in [0.15, 0.2) is 11.4 Å². The predicted molar refractivity (Wildman–Crippen MR) is 126 cm³/mol. The lowest BCUT2D eigenvalue weighted by molar-refractivity contribution is -0.275. The summed E-state index contributed by atoms with van der Waals surface area (Å²) in [5, 5.41) is 43.9. The molecule has 8 N–H and O–H groups in total. The van der Waals surface area contributed by atoms with Gasteiger partial charge in [0.05, 0.1) is 11.6 Å². The lowest BCUT2D eigenvalue weighted by Gasteiger charge is -2.48. The quantitative estimate of drug-likeness (QED) is 0.291. The lowest BCUT2D eigenvalue weighted by atomic mass is 9.58. The highest BCUT2D eigenvalue weighted by Crippen LogP contribution is 2.54. The smallest absolute Gasteiger partial charge is 0.508 e. The van der Waals surface area contributed by atoms with Gasteiger partial charge >= 0.3 is 6.36 Å². The number of phenols is 1. The summed E-state index contributed by atoms with van der Waals surface area (Å²) in [7, 11) is 0. The van der Waals surface area contributed by atoms with Gasteiger partial charge in [0.25, 0.3) is 5.91 Å². The Labute approximate surface area is 219 Å². The molecule has 1 aliphatic heterocycles. The molecule has 4 atom stereocenters. The highest BCUT2D eigenvalue weighted by molar-refractivity contribution is 6.24. The number of carbonyl (C=O) groups is 3. The van der Waals surface area contributed by atoms with Crippen LogP contribution in [0.3, 0.4) is 0 Å². The monoisotopic (exact) mass is 553 g/mol. The van der Waals surface area contributed by atoms with Crippen LogP contribution in [-0.2, 0) is 27.3 Å². The molecule has 0 bridgehead atoms. The van der Waals surface area contributed by atoms with Crippen molar-refractivity contribution in [3.05, 3.63) is 39.7 Å². The number of aromatic hydroxyl groups is 1. The minimum absolute atomic E-state index is 0.0246. The van der Waals surface area contributed by atoms with Crippen molar-refractivity contribution < 1.29 is 52.7 Å². The summed E-state index contributed by atoms with van der Waals surface area (Å²) in [5.74, 6) is -9.89. The molecule has 210 valence electrons. The topological polar surface area (TPSA) is 197 Å². The number of aliphatic hydroxyl groups is 3. The molecule has 14 heteroatoms. The highest BCUT2D eigenvalue weighted by Gasteiger charge is 2.63. The Morgan fingerprint density at radius 1 is 1.18 bits per heavy atom. The summed E-state index contributed by atoms with van der Waals surface area (Å²) in [6.07, 6.45) is -4.11. The Morgan fingerprint density at radius 3 is 2.41 bits per heavy atom. The Balaban J connectivity index is 1.69. The number of ketones is 2. The minimum atomic E-state index is -5.12. The number of hydrogen-bond acceptors (Lipinski definition) is 10. The van der Waals surface area contributed by atoms with Crippen molar-refractivity contribution in [3.8, 4) is 11.5 Å². The van der Waals surface area contributed by atoms with Gasteiger partial charge in [0.1, 0.15) is 28.6 Å². The van der Waals surface area contributed by atoms with E-state index in [0.717, 1.165) is 18.9 Å². The number of fused-ring (bicyclic) bond motifs is 3. The number of nitrogens with zero attached hydrogens (tertiary/aromatic N) is 1. The molecule has 0 aromatic heterocycles. The van der Waals surface area contributed by atoms with Crippen LogP contribution in [0.2, 0.25) is 0 Å². The third-order valence-corrected chi connectivity index (χ3v) is 8.09. The molecular weight excluding hydrogens is 527 g/mol. The number of rotatable bonds is 4. The van der Waals surface area contributed by atoms with Crippen LogP contribution in [-0.4, -0.2) is 73.9 Å². The zero-order valence-corrected chi connectivity index (χ0v) is 20.4. The second-order valence-corrected chi connectivity index (χ2v) is 10.3. The molecule has 5 rings (SSSR count). The molecule has 1 saturated heterocycles. The molecule has 1 aromatic rings. The minimum Gasteiger partial charge on any atom is -0.508 e. The number of benzene rings is 1. The van der Waals surface area contributed by atoms with Crippen molar-refractivity contribution in [3.63, 3.8) is 0 Å². The molecule has 0 unspecified atom stereocenters. The van der Waals surface area contributed by atoms with Gasteiger partial charge in [-0.1, -0.05) is 0 Å². The third kappa shape index (κ3) is 4.05. The van der Waals surface area contributed by atoms with Gasteiger partial charge in [-0.2, -0.15) is 0 Å². The summed E-state index contributed by atoms with van der Waals surface area (Å²) in [6, 6.07) is -0.638. The highest BCUT2D eigenvalue weighted by atomic mass is 19.4. The molecule has 1 aromatic carbocycles. The first kappa shape index (κ1) is 27.0. The number of Topliss-reactive ketones (excluding diaryl/α,β-unsaturated/α-hetero) is 2. The largest absolute Gasteiger partial charge is 0.573 e. The third-order valence-electron chi connectivity index (χ3n) is 8.09. The number of hydrogen-bond donors (Lipinski definition) is 6. The number of halogens is 3. The fourth-order valence-electron chi connectivity index (χ4n) is 6.37. The second kappa shape index (κ2) is 8.96. The van der Waals surface area contributed by atoms with E-state index in [9.17, 15) is 48.0 Å². The van der Waals surface area contributed by atoms with E-state index < -0.39 is 87.0 Å². The molecule has 39 heavy (non-hydrogen) atoms. The van der Waals surface area contributed by atoms with Gasteiger partial charge in [-0.05, 0) is 50.8 Å². The average Bonchev–Trinajstić information content (AvgIpc) is 3.34. The first-order valence-corrected chi connectivity index (χ1v) is 12.3. The Bertz CT molecular complexity index is 1360. The van der Waals surface area contributed by atoms with Crippen molar-refractivity contribution in [1.29, 1.82) is 0 Å². The number of primary amides is 1. The van der Waals surface area contributed by atoms with E-state index >= 15 is 0 Å². The van der Waals surface area contributed by atoms with Gasteiger partial charge in [-0.15, -0.1) is 13.2 Å². The van der Waals surface area contributed by atoms with Crippen molar-refractivity contribution in [2.24, 2.45) is 23.3 Å². The van der Waals surface area contributed by atoms with Gasteiger partial charge < -0.3 is 36.6 Å². The van der Waals surface area contributed by atoms with Crippen molar-refractivity contribution in [2.45, 2.75) is 50.2 Å². The summed E-state index contributed by atoms with van der Waals surface area (Å²) >= 11 is 0. The molecular formula is C25H26F3N3O8. The maximum atomic E-state index is 13.6.